The summed E-state index contributed by atoms with van der Waals surface area (Å²) in [6.45, 7) is -0.164. The summed E-state index contributed by atoms with van der Waals surface area (Å²) in [6, 6.07) is 16.3. The van der Waals surface area contributed by atoms with Crippen molar-refractivity contribution in [1.82, 2.24) is 9.91 Å². The number of carbonyl (C=O) groups excluding carboxylic acids is 2. The highest BCUT2D eigenvalue weighted by molar-refractivity contribution is 7.12. The van der Waals surface area contributed by atoms with E-state index < -0.39 is 0 Å². The Morgan fingerprint density at radius 3 is 2.58 bits per heavy atom. The number of carbonyl (C=O) groups is 2. The van der Waals surface area contributed by atoms with E-state index in [0.717, 1.165) is 16.2 Å². The fourth-order valence-corrected chi connectivity index (χ4v) is 4.40. The predicted octanol–water partition coefficient (Wildman–Crippen LogP) is 4.99. The fraction of sp³-hybridized carbons (Fsp3) is 0.174. The van der Waals surface area contributed by atoms with Crippen LogP contribution in [0.3, 0.4) is 0 Å². The van der Waals surface area contributed by atoms with Gasteiger partial charge in [-0.15, -0.1) is 11.3 Å². The van der Waals surface area contributed by atoms with Crippen LogP contribution in [0.4, 0.5) is 4.39 Å². The lowest BCUT2D eigenvalue weighted by atomic mass is 10.0. The first-order valence-electron chi connectivity index (χ1n) is 9.63. The van der Waals surface area contributed by atoms with Crippen LogP contribution < -0.4 is 0 Å². The lowest BCUT2D eigenvalue weighted by molar-refractivity contribution is -0.133. The van der Waals surface area contributed by atoms with Gasteiger partial charge in [0.05, 0.1) is 27.2 Å². The highest BCUT2D eigenvalue weighted by Crippen LogP contribution is 2.34. The number of hydrogen-bond donors (Lipinski definition) is 0. The van der Waals surface area contributed by atoms with Crippen molar-refractivity contribution in [3.05, 3.63) is 92.9 Å². The van der Waals surface area contributed by atoms with E-state index in [9.17, 15) is 14.0 Å². The van der Waals surface area contributed by atoms with Crippen molar-refractivity contribution in [3.8, 4) is 0 Å². The highest BCUT2D eigenvalue weighted by Gasteiger charge is 2.34. The molecule has 0 saturated carbocycles. The highest BCUT2D eigenvalue weighted by atomic mass is 35.5. The summed E-state index contributed by atoms with van der Waals surface area (Å²) in [5.74, 6) is -1.02. The minimum absolute atomic E-state index is 0.164. The van der Waals surface area contributed by atoms with Crippen LogP contribution in [0.15, 0.2) is 71.1 Å². The average Bonchev–Trinajstić information content (AvgIpc) is 3.44. The van der Waals surface area contributed by atoms with Crippen molar-refractivity contribution >= 4 is 40.5 Å². The van der Waals surface area contributed by atoms with E-state index in [-0.39, 0.29) is 30.2 Å². The van der Waals surface area contributed by atoms with Crippen LogP contribution in [0.2, 0.25) is 5.02 Å². The maximum atomic E-state index is 13.4. The summed E-state index contributed by atoms with van der Waals surface area (Å²) < 4.78 is 13.4. The van der Waals surface area contributed by atoms with E-state index in [4.69, 9.17) is 11.6 Å². The fourth-order valence-electron chi connectivity index (χ4n) is 3.46. The second-order valence-electron chi connectivity index (χ2n) is 7.17. The first kappa shape index (κ1) is 21.2. The molecular weight excluding hydrogens is 437 g/mol. The van der Waals surface area contributed by atoms with E-state index in [2.05, 4.69) is 5.10 Å². The van der Waals surface area contributed by atoms with Crippen LogP contribution >= 0.6 is 22.9 Å². The summed E-state index contributed by atoms with van der Waals surface area (Å²) in [5.41, 5.74) is 1.90. The Labute approximate surface area is 188 Å². The summed E-state index contributed by atoms with van der Waals surface area (Å²) in [6.07, 6.45) is 0.514. The summed E-state index contributed by atoms with van der Waals surface area (Å²) in [4.78, 5) is 28.2. The third-order valence-electron chi connectivity index (χ3n) is 5.05. The van der Waals surface area contributed by atoms with Gasteiger partial charge in [0.1, 0.15) is 12.4 Å². The first-order valence-corrected chi connectivity index (χ1v) is 10.9. The SMILES string of the molecule is CN(CC(=O)N1N=C(c2cccs2)C[C@H]1c1ccc(F)cc1)C(=O)c1ccccc1Cl. The summed E-state index contributed by atoms with van der Waals surface area (Å²) >= 11 is 7.67. The normalized spacial score (nSPS) is 15.6. The van der Waals surface area contributed by atoms with Gasteiger partial charge in [-0.1, -0.05) is 41.9 Å². The Hall–Kier alpha value is -3.03. The molecule has 1 aliphatic heterocycles. The molecule has 2 amide bonds. The van der Waals surface area contributed by atoms with Crippen molar-refractivity contribution < 1.29 is 14.0 Å². The van der Waals surface area contributed by atoms with Crippen molar-refractivity contribution in [2.24, 2.45) is 5.10 Å². The van der Waals surface area contributed by atoms with Crippen molar-refractivity contribution in [3.63, 3.8) is 0 Å². The van der Waals surface area contributed by atoms with E-state index in [1.807, 2.05) is 17.5 Å². The molecule has 2 aromatic carbocycles. The zero-order valence-corrected chi connectivity index (χ0v) is 18.2. The van der Waals surface area contributed by atoms with Crippen molar-refractivity contribution in [2.75, 3.05) is 13.6 Å². The van der Waals surface area contributed by atoms with Crippen LogP contribution in [0.5, 0.6) is 0 Å². The molecule has 0 spiro atoms. The third-order valence-corrected chi connectivity index (χ3v) is 6.30. The molecule has 0 radical (unpaired) electrons. The number of amides is 2. The zero-order chi connectivity index (χ0) is 22.0. The Balaban J connectivity index is 1.57. The van der Waals surface area contributed by atoms with Crippen LogP contribution in [-0.4, -0.2) is 41.0 Å². The molecule has 3 aromatic rings. The molecule has 0 N–H and O–H groups in total. The van der Waals surface area contributed by atoms with Gasteiger partial charge in [0.15, 0.2) is 0 Å². The topological polar surface area (TPSA) is 53.0 Å². The van der Waals surface area contributed by atoms with Crippen LogP contribution in [-0.2, 0) is 4.79 Å². The van der Waals surface area contributed by atoms with Gasteiger partial charge in [-0.25, -0.2) is 9.40 Å². The number of hydrogen-bond acceptors (Lipinski definition) is 4. The Bertz CT molecular complexity index is 1130. The minimum Gasteiger partial charge on any atom is -0.332 e. The minimum atomic E-state index is -0.367. The Morgan fingerprint density at radius 2 is 1.90 bits per heavy atom. The van der Waals surface area contributed by atoms with Gasteiger partial charge in [0.2, 0.25) is 0 Å². The van der Waals surface area contributed by atoms with Crippen LogP contribution in [0, 0.1) is 5.82 Å². The van der Waals surface area contributed by atoms with Crippen LogP contribution in [0.1, 0.15) is 33.3 Å². The summed E-state index contributed by atoms with van der Waals surface area (Å²) in [5, 5.41) is 8.25. The number of benzene rings is 2. The predicted molar refractivity (Wildman–Crippen MR) is 120 cm³/mol. The number of thiophene rings is 1. The lowest BCUT2D eigenvalue weighted by Gasteiger charge is -2.25. The molecule has 158 valence electrons. The Kier molecular flexibility index (Phi) is 6.15. The van der Waals surface area contributed by atoms with E-state index in [1.54, 1.807) is 54.8 Å². The molecule has 1 aliphatic rings. The summed E-state index contributed by atoms with van der Waals surface area (Å²) in [7, 11) is 1.55. The van der Waals surface area contributed by atoms with Crippen molar-refractivity contribution in [1.29, 1.82) is 0 Å². The average molecular weight is 456 g/mol. The molecule has 0 aliphatic carbocycles. The molecule has 2 heterocycles. The van der Waals surface area contributed by atoms with Gasteiger partial charge < -0.3 is 4.90 Å². The molecule has 8 heteroatoms. The van der Waals surface area contributed by atoms with Gasteiger partial charge in [0, 0.05) is 13.5 Å². The third kappa shape index (κ3) is 4.52. The standard InChI is InChI=1S/C23H19ClFN3O2S/c1-27(23(30)17-5-2-3-6-18(17)24)14-22(29)28-20(15-8-10-16(25)11-9-15)13-19(26-28)21-7-4-12-31-21/h2-12,20H,13-14H2,1H3/t20-/m0/s1. The molecule has 1 aromatic heterocycles. The molecule has 0 saturated heterocycles. The second kappa shape index (κ2) is 8.99. The maximum absolute atomic E-state index is 13.4. The largest absolute Gasteiger partial charge is 0.332 e. The quantitative estimate of drug-likeness (QED) is 0.544. The number of rotatable bonds is 5. The van der Waals surface area contributed by atoms with Gasteiger partial charge in [-0.3, -0.25) is 9.59 Å². The van der Waals surface area contributed by atoms with Gasteiger partial charge in [-0.2, -0.15) is 5.10 Å². The molecule has 0 bridgehead atoms. The molecule has 5 nitrogen and oxygen atoms in total. The molecular formula is C23H19ClFN3O2S. The zero-order valence-electron chi connectivity index (χ0n) is 16.7. The number of halogens is 2. The van der Waals surface area contributed by atoms with E-state index in [1.165, 1.54) is 22.0 Å². The molecule has 1 atom stereocenters. The number of nitrogens with zero attached hydrogens (tertiary/aromatic N) is 3. The molecule has 31 heavy (non-hydrogen) atoms. The molecule has 0 unspecified atom stereocenters. The number of likely N-dealkylation sites (N-methyl/N-ethyl adjacent to an activating group) is 1. The van der Waals surface area contributed by atoms with Gasteiger partial charge in [0.25, 0.3) is 11.8 Å². The second-order valence-corrected chi connectivity index (χ2v) is 8.53. The maximum Gasteiger partial charge on any atom is 0.262 e. The first-order chi connectivity index (χ1) is 14.9. The van der Waals surface area contributed by atoms with E-state index in [0.29, 0.717) is 17.0 Å². The van der Waals surface area contributed by atoms with Crippen molar-refractivity contribution in [2.45, 2.75) is 12.5 Å². The van der Waals surface area contributed by atoms with E-state index >= 15 is 0 Å². The smallest absolute Gasteiger partial charge is 0.262 e. The molecule has 0 fully saturated rings. The molecule has 4 rings (SSSR count). The monoisotopic (exact) mass is 455 g/mol. The Morgan fingerprint density at radius 1 is 1.16 bits per heavy atom. The number of hydrazone groups is 1. The van der Waals surface area contributed by atoms with Crippen LogP contribution in [0.25, 0.3) is 0 Å². The lowest BCUT2D eigenvalue weighted by Crippen LogP contribution is -2.39. The van der Waals surface area contributed by atoms with Gasteiger partial charge >= 0.3 is 0 Å². The van der Waals surface area contributed by atoms with Gasteiger partial charge in [-0.05, 0) is 41.3 Å².